The van der Waals surface area contributed by atoms with Crippen molar-refractivity contribution in [2.45, 2.75) is 25.7 Å². The Kier molecular flexibility index (Phi) is 2.97. The van der Waals surface area contributed by atoms with Gasteiger partial charge in [0.25, 0.3) is 0 Å². The van der Waals surface area contributed by atoms with Crippen LogP contribution in [0.5, 0.6) is 0 Å². The van der Waals surface area contributed by atoms with Crippen molar-refractivity contribution in [2.75, 3.05) is 5.73 Å². The number of nitrogen functional groups attached to an aromatic ring is 1. The summed E-state index contributed by atoms with van der Waals surface area (Å²) in [7, 11) is 0. The Hall–Kier alpha value is -1.17. The number of fused-ring (bicyclic) bond motifs is 1. The smallest absolute Gasteiger partial charge is 0.140 e. The Bertz CT molecular complexity index is 587. The van der Waals surface area contributed by atoms with Gasteiger partial charge in [0.2, 0.25) is 0 Å². The molecule has 1 heterocycles. The van der Waals surface area contributed by atoms with Gasteiger partial charge in [-0.15, -0.1) is 0 Å². The monoisotopic (exact) mass is 351 g/mol. The highest BCUT2D eigenvalue weighted by Crippen LogP contribution is 2.37. The average Bonchev–Trinajstić information content (AvgIpc) is 2.79. The molecule has 0 saturated heterocycles. The summed E-state index contributed by atoms with van der Waals surface area (Å²) in [5, 5.41) is 0. The lowest BCUT2D eigenvalue weighted by molar-refractivity contribution is 0.724. The third-order valence-electron chi connectivity index (χ3n) is 3.50. The van der Waals surface area contributed by atoms with E-state index in [9.17, 15) is 0 Å². The van der Waals surface area contributed by atoms with Crippen LogP contribution in [0.4, 0.5) is 5.82 Å². The Morgan fingerprint density at radius 3 is 2.83 bits per heavy atom. The Morgan fingerprint density at radius 1 is 1.28 bits per heavy atom. The second kappa shape index (κ2) is 4.50. The first kappa shape index (κ1) is 11.9. The quantitative estimate of drug-likeness (QED) is 0.804. The topological polar surface area (TPSA) is 51.8 Å². The minimum absolute atomic E-state index is 0.305. The maximum absolute atomic E-state index is 5.95. The molecular weight excluding hydrogens is 337 g/mol. The van der Waals surface area contributed by atoms with Gasteiger partial charge in [0, 0.05) is 5.92 Å². The molecule has 1 aromatic heterocycles. The lowest BCUT2D eigenvalue weighted by Crippen LogP contribution is -2.09. The summed E-state index contributed by atoms with van der Waals surface area (Å²) < 4.78 is 0.961. The minimum atomic E-state index is 0.305. The molecule has 1 unspecified atom stereocenters. The van der Waals surface area contributed by atoms with Crippen molar-refractivity contribution in [3.8, 4) is 0 Å². The number of nitrogens with two attached hydrogens (primary N) is 1. The first-order chi connectivity index (χ1) is 8.66. The van der Waals surface area contributed by atoms with Gasteiger partial charge in [0.05, 0.1) is 9.26 Å². The van der Waals surface area contributed by atoms with Crippen molar-refractivity contribution in [3.63, 3.8) is 0 Å². The largest absolute Gasteiger partial charge is 0.383 e. The molecule has 2 aromatic rings. The van der Waals surface area contributed by atoms with Crippen LogP contribution < -0.4 is 5.73 Å². The molecule has 1 aromatic carbocycles. The first-order valence-electron chi connectivity index (χ1n) is 6.04. The first-order valence-corrected chi connectivity index (χ1v) is 7.12. The second-order valence-corrected chi connectivity index (χ2v) is 5.74. The van der Waals surface area contributed by atoms with E-state index in [1.54, 1.807) is 0 Å². The zero-order valence-electron chi connectivity index (χ0n) is 10.2. The number of benzene rings is 1. The Morgan fingerprint density at radius 2 is 2.06 bits per heavy atom. The summed E-state index contributed by atoms with van der Waals surface area (Å²) in [5.41, 5.74) is 9.70. The van der Waals surface area contributed by atoms with Crippen molar-refractivity contribution in [1.82, 2.24) is 9.97 Å². The van der Waals surface area contributed by atoms with Crippen molar-refractivity contribution in [2.24, 2.45) is 0 Å². The third kappa shape index (κ3) is 1.88. The number of hydrogen-bond acceptors (Lipinski definition) is 3. The van der Waals surface area contributed by atoms with Crippen LogP contribution in [0, 0.1) is 10.5 Å². The van der Waals surface area contributed by atoms with Gasteiger partial charge >= 0.3 is 0 Å². The lowest BCUT2D eigenvalue weighted by Gasteiger charge is -2.12. The summed E-state index contributed by atoms with van der Waals surface area (Å²) >= 11 is 2.20. The molecule has 1 atom stereocenters. The molecule has 0 fully saturated rings. The fourth-order valence-corrected chi connectivity index (χ4v) is 2.83. The molecule has 0 bridgehead atoms. The number of halogens is 1. The van der Waals surface area contributed by atoms with E-state index in [1.807, 2.05) is 6.92 Å². The lowest BCUT2D eigenvalue weighted by atomic mass is 10.0. The summed E-state index contributed by atoms with van der Waals surface area (Å²) in [6.07, 6.45) is 2.19. The van der Waals surface area contributed by atoms with Crippen LogP contribution in [0.25, 0.3) is 0 Å². The number of anilines is 1. The summed E-state index contributed by atoms with van der Waals surface area (Å²) in [4.78, 5) is 9.09. The standard InChI is InChI=1S/C14H14IN3/c1-8-12(15)13(16)18-14(17-8)11-7-6-9-4-2-3-5-10(9)11/h2-5,11H,6-7H2,1H3,(H2,16,17,18). The van der Waals surface area contributed by atoms with Crippen molar-refractivity contribution < 1.29 is 0 Å². The predicted octanol–water partition coefficient (Wildman–Crippen LogP) is 3.05. The number of aromatic nitrogens is 2. The fourth-order valence-electron chi connectivity index (χ4n) is 2.58. The van der Waals surface area contributed by atoms with Crippen LogP contribution in [-0.4, -0.2) is 9.97 Å². The van der Waals surface area contributed by atoms with E-state index in [1.165, 1.54) is 11.1 Å². The number of hydrogen-bond donors (Lipinski definition) is 1. The molecule has 2 N–H and O–H groups in total. The van der Waals surface area contributed by atoms with Gasteiger partial charge in [-0.1, -0.05) is 24.3 Å². The van der Waals surface area contributed by atoms with E-state index in [2.05, 4.69) is 56.8 Å². The van der Waals surface area contributed by atoms with Crippen LogP contribution in [0.2, 0.25) is 0 Å². The minimum Gasteiger partial charge on any atom is -0.383 e. The predicted molar refractivity (Wildman–Crippen MR) is 80.5 cm³/mol. The SMILES string of the molecule is Cc1nc(C2CCc3ccccc32)nc(N)c1I. The molecule has 4 heteroatoms. The van der Waals surface area contributed by atoms with Gasteiger partial charge in [-0.2, -0.15) is 0 Å². The zero-order chi connectivity index (χ0) is 12.7. The highest BCUT2D eigenvalue weighted by Gasteiger charge is 2.26. The summed E-state index contributed by atoms with van der Waals surface area (Å²) in [6.45, 7) is 1.99. The molecule has 3 nitrogen and oxygen atoms in total. The Balaban J connectivity index is 2.08. The number of nitrogens with zero attached hydrogens (tertiary/aromatic N) is 2. The molecule has 0 spiro atoms. The second-order valence-electron chi connectivity index (χ2n) is 4.66. The molecule has 0 amide bonds. The molecular formula is C14H14IN3. The van der Waals surface area contributed by atoms with Gasteiger partial charge in [0.15, 0.2) is 0 Å². The van der Waals surface area contributed by atoms with Crippen LogP contribution >= 0.6 is 22.6 Å². The van der Waals surface area contributed by atoms with Crippen molar-refractivity contribution in [1.29, 1.82) is 0 Å². The molecule has 18 heavy (non-hydrogen) atoms. The normalized spacial score (nSPS) is 17.8. The van der Waals surface area contributed by atoms with E-state index >= 15 is 0 Å². The molecule has 1 aliphatic carbocycles. The number of rotatable bonds is 1. The zero-order valence-corrected chi connectivity index (χ0v) is 12.3. The van der Waals surface area contributed by atoms with E-state index < -0.39 is 0 Å². The number of aryl methyl sites for hydroxylation is 2. The van der Waals surface area contributed by atoms with Crippen molar-refractivity contribution in [3.05, 3.63) is 50.5 Å². The van der Waals surface area contributed by atoms with Crippen LogP contribution in [-0.2, 0) is 6.42 Å². The molecule has 92 valence electrons. The molecule has 1 aliphatic rings. The van der Waals surface area contributed by atoms with Crippen LogP contribution in [0.15, 0.2) is 24.3 Å². The summed E-state index contributed by atoms with van der Waals surface area (Å²) in [6, 6.07) is 8.55. The van der Waals surface area contributed by atoms with Gasteiger partial charge < -0.3 is 5.73 Å². The van der Waals surface area contributed by atoms with Gasteiger partial charge in [0.1, 0.15) is 11.6 Å². The van der Waals surface area contributed by atoms with Crippen LogP contribution in [0.3, 0.4) is 0 Å². The molecule has 0 aliphatic heterocycles. The van der Waals surface area contributed by atoms with Gasteiger partial charge in [-0.05, 0) is 53.5 Å². The third-order valence-corrected chi connectivity index (χ3v) is 4.84. The van der Waals surface area contributed by atoms with E-state index in [0.717, 1.165) is 27.9 Å². The summed E-state index contributed by atoms with van der Waals surface area (Å²) in [5.74, 6) is 1.78. The Labute approximate surface area is 120 Å². The van der Waals surface area contributed by atoms with Gasteiger partial charge in [-0.25, -0.2) is 9.97 Å². The molecule has 0 radical (unpaired) electrons. The van der Waals surface area contributed by atoms with Gasteiger partial charge in [-0.3, -0.25) is 0 Å². The highest BCUT2D eigenvalue weighted by atomic mass is 127. The van der Waals surface area contributed by atoms with E-state index in [0.29, 0.717) is 11.7 Å². The average molecular weight is 351 g/mol. The maximum Gasteiger partial charge on any atom is 0.140 e. The van der Waals surface area contributed by atoms with Crippen molar-refractivity contribution >= 4 is 28.4 Å². The molecule has 0 saturated carbocycles. The fraction of sp³-hybridized carbons (Fsp3) is 0.286. The van der Waals surface area contributed by atoms with Crippen LogP contribution in [0.1, 0.15) is 35.0 Å². The highest BCUT2D eigenvalue weighted by molar-refractivity contribution is 14.1. The van der Waals surface area contributed by atoms with E-state index in [4.69, 9.17) is 5.73 Å². The maximum atomic E-state index is 5.95. The molecule has 3 rings (SSSR count). The van der Waals surface area contributed by atoms with E-state index in [-0.39, 0.29) is 0 Å².